The van der Waals surface area contributed by atoms with Crippen LogP contribution in [-0.4, -0.2) is 46.4 Å². The molecule has 138 valence electrons. The van der Waals surface area contributed by atoms with Crippen molar-refractivity contribution >= 4 is 22.8 Å². The topological polar surface area (TPSA) is 113 Å². The van der Waals surface area contributed by atoms with E-state index in [4.69, 9.17) is 5.73 Å². The summed E-state index contributed by atoms with van der Waals surface area (Å²) in [5, 5.41) is 12.5. The van der Waals surface area contributed by atoms with E-state index in [9.17, 15) is 14.7 Å². The third-order valence-electron chi connectivity index (χ3n) is 5.00. The molecule has 1 saturated heterocycles. The molecule has 8 nitrogen and oxygen atoms in total. The molecular formula is C17H20FN5O3. The van der Waals surface area contributed by atoms with Gasteiger partial charge in [-0.1, -0.05) is 0 Å². The highest BCUT2D eigenvalue weighted by Gasteiger charge is 2.30. The summed E-state index contributed by atoms with van der Waals surface area (Å²) in [5.41, 5.74) is 5.31. The van der Waals surface area contributed by atoms with Gasteiger partial charge in [0.25, 0.3) is 0 Å². The Balaban J connectivity index is 1.99. The Morgan fingerprint density at radius 3 is 2.81 bits per heavy atom. The Bertz CT molecular complexity index is 969. The summed E-state index contributed by atoms with van der Waals surface area (Å²) in [5.74, 6) is -1.76. The highest BCUT2D eigenvalue weighted by molar-refractivity contribution is 5.93. The third-order valence-corrected chi connectivity index (χ3v) is 5.00. The van der Waals surface area contributed by atoms with Gasteiger partial charge in [0, 0.05) is 37.4 Å². The second-order valence-corrected chi connectivity index (χ2v) is 6.90. The van der Waals surface area contributed by atoms with Gasteiger partial charge in [-0.15, -0.1) is 0 Å². The van der Waals surface area contributed by atoms with Gasteiger partial charge >= 0.3 is 5.97 Å². The van der Waals surface area contributed by atoms with Gasteiger partial charge in [-0.2, -0.15) is 0 Å². The fourth-order valence-corrected chi connectivity index (χ4v) is 3.47. The molecule has 1 atom stereocenters. The molecule has 0 amide bonds. The molecule has 1 unspecified atom stereocenters. The molecule has 4 rings (SSSR count). The van der Waals surface area contributed by atoms with Crippen LogP contribution in [0.5, 0.6) is 0 Å². The lowest BCUT2D eigenvalue weighted by Crippen LogP contribution is -2.55. The number of nitrogens with two attached hydrogens (primary N) is 1. The van der Waals surface area contributed by atoms with E-state index in [1.807, 2.05) is 0 Å². The lowest BCUT2D eigenvalue weighted by molar-refractivity contribution is 0.0695. The van der Waals surface area contributed by atoms with Crippen molar-refractivity contribution in [3.05, 3.63) is 33.4 Å². The maximum atomic E-state index is 15.0. The van der Waals surface area contributed by atoms with Gasteiger partial charge in [-0.25, -0.2) is 14.2 Å². The lowest BCUT2D eigenvalue weighted by Gasteiger charge is -2.33. The summed E-state index contributed by atoms with van der Waals surface area (Å²) < 4.78 is 16.8. The molecular weight excluding hydrogens is 341 g/mol. The van der Waals surface area contributed by atoms with E-state index in [0.717, 1.165) is 12.8 Å². The quantitative estimate of drug-likeness (QED) is 0.732. The molecule has 0 radical (unpaired) electrons. The second-order valence-electron chi connectivity index (χ2n) is 6.90. The molecule has 3 heterocycles. The molecule has 9 heteroatoms. The van der Waals surface area contributed by atoms with E-state index < -0.39 is 17.2 Å². The standard InChI is InChI=1S/C17H20FN5O3/c1-8-12-14(24)10(17(25)26)6-23(9-2-3-9)15(12)21-16(13(8)18)22-5-4-20-11(19)7-22/h6,9,11,20H,2-5,7,19H2,1H3,(H,25,26). The number of fused-ring (bicyclic) bond motifs is 1. The molecule has 1 aliphatic carbocycles. The summed E-state index contributed by atoms with van der Waals surface area (Å²) >= 11 is 0. The largest absolute Gasteiger partial charge is 0.477 e. The van der Waals surface area contributed by atoms with Crippen LogP contribution in [0.15, 0.2) is 11.0 Å². The number of hydrogen-bond donors (Lipinski definition) is 3. The van der Waals surface area contributed by atoms with Crippen molar-refractivity contribution in [3.8, 4) is 0 Å². The van der Waals surface area contributed by atoms with Crippen molar-refractivity contribution < 1.29 is 14.3 Å². The molecule has 2 aliphatic rings. The van der Waals surface area contributed by atoms with Gasteiger partial charge in [0.1, 0.15) is 11.2 Å². The summed E-state index contributed by atoms with van der Waals surface area (Å²) in [6, 6.07) is 0.0895. The van der Waals surface area contributed by atoms with Crippen molar-refractivity contribution in [2.75, 3.05) is 24.5 Å². The number of carboxylic acids is 1. The monoisotopic (exact) mass is 361 g/mol. The Morgan fingerprint density at radius 2 is 2.19 bits per heavy atom. The smallest absolute Gasteiger partial charge is 0.341 e. The lowest BCUT2D eigenvalue weighted by atomic mass is 10.1. The Kier molecular flexibility index (Phi) is 3.92. The van der Waals surface area contributed by atoms with Crippen LogP contribution in [0.1, 0.15) is 34.8 Å². The van der Waals surface area contributed by atoms with Gasteiger partial charge < -0.3 is 20.3 Å². The maximum Gasteiger partial charge on any atom is 0.341 e. The summed E-state index contributed by atoms with van der Waals surface area (Å²) in [6.45, 7) is 3.04. The first-order chi connectivity index (χ1) is 12.4. The number of nitrogens with zero attached hydrogens (tertiary/aromatic N) is 3. The van der Waals surface area contributed by atoms with E-state index >= 15 is 4.39 Å². The average molecular weight is 361 g/mol. The first-order valence-corrected chi connectivity index (χ1v) is 8.60. The highest BCUT2D eigenvalue weighted by atomic mass is 19.1. The van der Waals surface area contributed by atoms with E-state index in [1.54, 1.807) is 9.47 Å². The predicted octanol–water partition coefficient (Wildman–Crippen LogP) is 0.572. The minimum absolute atomic E-state index is 0.0393. The Labute approximate surface area is 148 Å². The Hall–Kier alpha value is -2.52. The minimum atomic E-state index is -1.32. The van der Waals surface area contributed by atoms with Crippen LogP contribution in [0.3, 0.4) is 0 Å². The summed E-state index contributed by atoms with van der Waals surface area (Å²) in [7, 11) is 0. The van der Waals surface area contributed by atoms with Gasteiger partial charge in [-0.3, -0.25) is 10.1 Å². The van der Waals surface area contributed by atoms with Gasteiger partial charge in [-0.05, 0) is 19.8 Å². The number of pyridine rings is 2. The molecule has 1 aliphatic heterocycles. The van der Waals surface area contributed by atoms with Crippen LogP contribution >= 0.6 is 0 Å². The number of anilines is 1. The van der Waals surface area contributed by atoms with E-state index in [0.29, 0.717) is 25.3 Å². The van der Waals surface area contributed by atoms with E-state index in [1.165, 1.54) is 13.1 Å². The van der Waals surface area contributed by atoms with Crippen molar-refractivity contribution in [2.24, 2.45) is 5.73 Å². The maximum absolute atomic E-state index is 15.0. The Morgan fingerprint density at radius 1 is 1.46 bits per heavy atom. The zero-order valence-electron chi connectivity index (χ0n) is 14.3. The van der Waals surface area contributed by atoms with Crippen molar-refractivity contribution in [1.82, 2.24) is 14.9 Å². The second kappa shape index (κ2) is 6.03. The number of rotatable bonds is 3. The number of halogens is 1. The van der Waals surface area contributed by atoms with Gasteiger partial charge in [0.05, 0.1) is 11.6 Å². The fourth-order valence-electron chi connectivity index (χ4n) is 3.47. The number of aromatic nitrogens is 2. The summed E-state index contributed by atoms with van der Waals surface area (Å²) in [4.78, 5) is 30.3. The SMILES string of the molecule is Cc1c(F)c(N2CCNC(N)C2)nc2c1c(=O)c(C(=O)O)cn2C1CC1. The molecule has 0 spiro atoms. The minimum Gasteiger partial charge on any atom is -0.477 e. The number of aromatic carboxylic acids is 1. The van der Waals surface area contributed by atoms with Crippen LogP contribution in [-0.2, 0) is 0 Å². The van der Waals surface area contributed by atoms with E-state index in [2.05, 4.69) is 10.3 Å². The number of carbonyl (C=O) groups is 1. The zero-order valence-corrected chi connectivity index (χ0v) is 14.3. The normalized spacial score (nSPS) is 20.6. The van der Waals surface area contributed by atoms with Gasteiger partial charge in [0.2, 0.25) is 5.43 Å². The average Bonchev–Trinajstić information content (AvgIpc) is 3.42. The number of carboxylic acid groups (broad SMARTS) is 1. The molecule has 0 bridgehead atoms. The third kappa shape index (κ3) is 2.63. The van der Waals surface area contributed by atoms with Crippen molar-refractivity contribution in [3.63, 3.8) is 0 Å². The molecule has 4 N–H and O–H groups in total. The number of aryl methyl sites for hydroxylation is 1. The van der Waals surface area contributed by atoms with Crippen LogP contribution in [0.2, 0.25) is 0 Å². The summed E-state index contributed by atoms with van der Waals surface area (Å²) in [6.07, 6.45) is 2.80. The number of hydrogen-bond acceptors (Lipinski definition) is 6. The van der Waals surface area contributed by atoms with Crippen LogP contribution in [0.4, 0.5) is 10.2 Å². The molecule has 2 fully saturated rings. The number of nitrogens with one attached hydrogen (secondary N) is 1. The molecule has 1 saturated carbocycles. The fraction of sp³-hybridized carbons (Fsp3) is 0.471. The van der Waals surface area contributed by atoms with Crippen LogP contribution in [0, 0.1) is 12.7 Å². The van der Waals surface area contributed by atoms with Crippen molar-refractivity contribution in [1.29, 1.82) is 0 Å². The highest BCUT2D eigenvalue weighted by Crippen LogP contribution is 2.38. The first-order valence-electron chi connectivity index (χ1n) is 8.60. The molecule has 0 aromatic carbocycles. The van der Waals surface area contributed by atoms with Crippen LogP contribution in [0.25, 0.3) is 11.0 Å². The molecule has 2 aromatic heterocycles. The van der Waals surface area contributed by atoms with Gasteiger partial charge in [0.15, 0.2) is 11.6 Å². The van der Waals surface area contributed by atoms with Crippen LogP contribution < -0.4 is 21.4 Å². The molecule has 2 aromatic rings. The number of piperazine rings is 1. The predicted molar refractivity (Wildman–Crippen MR) is 94.1 cm³/mol. The first kappa shape index (κ1) is 16.9. The van der Waals surface area contributed by atoms with E-state index in [-0.39, 0.29) is 34.5 Å². The van der Waals surface area contributed by atoms with Crippen molar-refractivity contribution in [2.45, 2.75) is 32.0 Å². The zero-order chi connectivity index (χ0) is 18.6. The molecule has 26 heavy (non-hydrogen) atoms.